The normalized spacial score (nSPS) is 17.4. The summed E-state index contributed by atoms with van der Waals surface area (Å²) in [5, 5.41) is 13.6. The van der Waals surface area contributed by atoms with Gasteiger partial charge in [-0.05, 0) is 63.8 Å². The van der Waals surface area contributed by atoms with Gasteiger partial charge in [0, 0.05) is 13.1 Å². The molecule has 264 valence electrons. The fourth-order valence-electron chi connectivity index (χ4n) is 5.13. The molecule has 0 saturated carbocycles. The van der Waals surface area contributed by atoms with Crippen molar-refractivity contribution in [3.05, 3.63) is 0 Å². The molecule has 0 aliphatic carbocycles. The lowest BCUT2D eigenvalue weighted by Crippen LogP contribution is -2.58. The number of carbonyl (C=O) groups excluding carboxylic acids is 6. The molecule has 0 radical (unpaired) electrons. The molecule has 11 N–H and O–H groups in total. The average molecular weight is 656 g/mol. The Kier molecular flexibility index (Phi) is 19.2. The molecule has 1 fully saturated rings. The fourth-order valence-corrected chi connectivity index (χ4v) is 5.13. The van der Waals surface area contributed by atoms with E-state index in [1.54, 1.807) is 0 Å². The number of hydrogen-bond donors (Lipinski definition) is 8. The SMILES string of the molecule is CC(C)CC(C=O)NC(=O)[C@H](C)NC(=O)[C@H](CC(C)C)NC(=O)C1CCCN1C(=O)[C@H](CCCNC(N)N)NC(=O)COCCN. The molecular formula is C30H57N9O7. The Bertz CT molecular complexity index is 996. The first-order valence-electron chi connectivity index (χ1n) is 16.2. The zero-order chi connectivity index (χ0) is 34.8. The van der Waals surface area contributed by atoms with Crippen molar-refractivity contribution in [1.29, 1.82) is 0 Å². The minimum Gasteiger partial charge on any atom is -0.370 e. The van der Waals surface area contributed by atoms with Crippen molar-refractivity contribution in [2.75, 3.05) is 32.8 Å². The molecule has 0 spiro atoms. The topological polar surface area (TPSA) is 253 Å². The number of carbonyl (C=O) groups is 6. The fraction of sp³-hybridized carbons (Fsp3) is 0.800. The number of rotatable bonds is 22. The van der Waals surface area contributed by atoms with Gasteiger partial charge in [-0.1, -0.05) is 27.7 Å². The van der Waals surface area contributed by atoms with Crippen LogP contribution >= 0.6 is 0 Å². The predicted molar refractivity (Wildman–Crippen MR) is 172 cm³/mol. The highest BCUT2D eigenvalue weighted by molar-refractivity contribution is 5.96. The first-order chi connectivity index (χ1) is 21.7. The summed E-state index contributed by atoms with van der Waals surface area (Å²) < 4.78 is 5.20. The van der Waals surface area contributed by atoms with E-state index >= 15 is 0 Å². The van der Waals surface area contributed by atoms with Crippen molar-refractivity contribution in [2.24, 2.45) is 29.0 Å². The monoisotopic (exact) mass is 655 g/mol. The number of amides is 5. The minimum atomic E-state index is -0.973. The molecule has 5 atom stereocenters. The van der Waals surface area contributed by atoms with E-state index in [0.29, 0.717) is 45.1 Å². The third-order valence-electron chi connectivity index (χ3n) is 7.33. The van der Waals surface area contributed by atoms with E-state index in [4.69, 9.17) is 21.9 Å². The Balaban J connectivity index is 2.99. The van der Waals surface area contributed by atoms with Crippen LogP contribution in [-0.4, -0.2) is 110 Å². The molecule has 0 bridgehead atoms. The van der Waals surface area contributed by atoms with E-state index in [1.807, 2.05) is 27.7 Å². The van der Waals surface area contributed by atoms with Crippen molar-refractivity contribution < 1.29 is 33.5 Å². The summed E-state index contributed by atoms with van der Waals surface area (Å²) in [6.07, 6.45) is 2.33. The van der Waals surface area contributed by atoms with Crippen molar-refractivity contribution in [3.63, 3.8) is 0 Å². The number of nitrogens with two attached hydrogens (primary N) is 3. The van der Waals surface area contributed by atoms with Crippen molar-refractivity contribution in [3.8, 4) is 0 Å². The second-order valence-electron chi connectivity index (χ2n) is 12.6. The highest BCUT2D eigenvalue weighted by atomic mass is 16.5. The largest absolute Gasteiger partial charge is 0.370 e. The van der Waals surface area contributed by atoms with Crippen molar-refractivity contribution in [2.45, 2.75) is 110 Å². The smallest absolute Gasteiger partial charge is 0.246 e. The minimum absolute atomic E-state index is 0.0170. The van der Waals surface area contributed by atoms with Gasteiger partial charge in [0.1, 0.15) is 43.4 Å². The van der Waals surface area contributed by atoms with E-state index < -0.39 is 66.0 Å². The predicted octanol–water partition coefficient (Wildman–Crippen LogP) is -2.23. The highest BCUT2D eigenvalue weighted by Crippen LogP contribution is 2.20. The van der Waals surface area contributed by atoms with Gasteiger partial charge in [0.15, 0.2) is 0 Å². The summed E-state index contributed by atoms with van der Waals surface area (Å²) in [5.74, 6) is -2.30. The van der Waals surface area contributed by atoms with Crippen LogP contribution in [0.4, 0.5) is 0 Å². The third kappa shape index (κ3) is 15.4. The third-order valence-corrected chi connectivity index (χ3v) is 7.33. The van der Waals surface area contributed by atoms with E-state index in [2.05, 4.69) is 26.6 Å². The lowest BCUT2D eigenvalue weighted by molar-refractivity contribution is -0.143. The molecule has 0 aromatic carbocycles. The second-order valence-corrected chi connectivity index (χ2v) is 12.6. The molecule has 16 heteroatoms. The number of nitrogens with zero attached hydrogens (tertiary/aromatic N) is 1. The van der Waals surface area contributed by atoms with Gasteiger partial charge in [-0.2, -0.15) is 0 Å². The van der Waals surface area contributed by atoms with Gasteiger partial charge in [0.05, 0.1) is 12.6 Å². The van der Waals surface area contributed by atoms with Gasteiger partial charge < -0.3 is 52.9 Å². The van der Waals surface area contributed by atoms with Crippen LogP contribution < -0.4 is 43.8 Å². The highest BCUT2D eigenvalue weighted by Gasteiger charge is 2.39. The summed E-state index contributed by atoms with van der Waals surface area (Å²) in [4.78, 5) is 78.6. The Morgan fingerprint density at radius 2 is 1.59 bits per heavy atom. The van der Waals surface area contributed by atoms with Crippen LogP contribution in [0.2, 0.25) is 0 Å². The van der Waals surface area contributed by atoms with Crippen molar-refractivity contribution in [1.82, 2.24) is 31.5 Å². The molecule has 1 saturated heterocycles. The molecule has 46 heavy (non-hydrogen) atoms. The van der Waals surface area contributed by atoms with E-state index in [0.717, 1.165) is 0 Å². The molecular weight excluding hydrogens is 598 g/mol. The molecule has 0 aromatic rings. The van der Waals surface area contributed by atoms with Gasteiger partial charge in [0.25, 0.3) is 0 Å². The van der Waals surface area contributed by atoms with Crippen molar-refractivity contribution >= 4 is 35.8 Å². The van der Waals surface area contributed by atoms with Gasteiger partial charge in [0.2, 0.25) is 29.5 Å². The summed E-state index contributed by atoms with van der Waals surface area (Å²) in [6.45, 7) is 10.0. The first kappa shape index (κ1) is 40.8. The van der Waals surface area contributed by atoms with Crippen LogP contribution in [0.5, 0.6) is 0 Å². The lowest BCUT2D eigenvalue weighted by Gasteiger charge is -2.30. The summed E-state index contributed by atoms with van der Waals surface area (Å²) >= 11 is 0. The standard InChI is InChI=1S/C30H57N9O7/c1-18(2)14-21(16-40)36-26(42)20(5)35-27(43)23(15-19(3)4)38-28(44)24-9-7-12-39(24)29(45)22(8-6-11-34-30(32)33)37-25(41)17-46-13-10-31/h16,18-24,30,34H,6-15,17,31-33H2,1-5H3,(H,35,43)(H,36,42)(H,37,41)(H,38,44)/t20-,21?,22-,23-,24?/m0/s1. The zero-order valence-corrected chi connectivity index (χ0v) is 28.0. The van der Waals surface area contributed by atoms with Crippen LogP contribution in [-0.2, 0) is 33.5 Å². The van der Waals surface area contributed by atoms with E-state index in [-0.39, 0.29) is 44.4 Å². The molecule has 16 nitrogen and oxygen atoms in total. The molecule has 0 aromatic heterocycles. The van der Waals surface area contributed by atoms with Gasteiger partial charge in [-0.25, -0.2) is 0 Å². The van der Waals surface area contributed by atoms with Crippen LogP contribution in [0.25, 0.3) is 0 Å². The van der Waals surface area contributed by atoms with Gasteiger partial charge in [-0.15, -0.1) is 0 Å². The molecule has 1 aliphatic rings. The maximum Gasteiger partial charge on any atom is 0.246 e. The quantitative estimate of drug-likeness (QED) is 0.0352. The average Bonchev–Trinajstić information content (AvgIpc) is 3.47. The summed E-state index contributed by atoms with van der Waals surface area (Å²) in [5.41, 5.74) is 16.5. The van der Waals surface area contributed by atoms with E-state index in [9.17, 15) is 28.8 Å². The molecule has 2 unspecified atom stereocenters. The number of hydrogen-bond acceptors (Lipinski definition) is 11. The first-order valence-corrected chi connectivity index (χ1v) is 16.2. The van der Waals surface area contributed by atoms with Gasteiger partial charge >= 0.3 is 0 Å². The van der Waals surface area contributed by atoms with Crippen LogP contribution in [0, 0.1) is 11.8 Å². The summed E-state index contributed by atoms with van der Waals surface area (Å²) in [6, 6.07) is -4.40. The Labute approximate surface area is 272 Å². The molecule has 1 heterocycles. The zero-order valence-electron chi connectivity index (χ0n) is 28.0. The Morgan fingerprint density at radius 3 is 2.17 bits per heavy atom. The Hall–Kier alpha value is -3.18. The number of aldehydes is 1. The maximum atomic E-state index is 13.7. The molecule has 1 rings (SSSR count). The number of likely N-dealkylation sites (tertiary alicyclic amines) is 1. The second kappa shape index (κ2) is 21.6. The molecule has 5 amide bonds. The van der Waals surface area contributed by atoms with Crippen LogP contribution in [0.15, 0.2) is 0 Å². The van der Waals surface area contributed by atoms with E-state index in [1.165, 1.54) is 11.8 Å². The number of nitrogens with one attached hydrogen (secondary N) is 5. The van der Waals surface area contributed by atoms with Crippen LogP contribution in [0.1, 0.15) is 73.1 Å². The number of ether oxygens (including phenoxy) is 1. The lowest BCUT2D eigenvalue weighted by atomic mass is 10.0. The van der Waals surface area contributed by atoms with Gasteiger partial charge in [-0.3, -0.25) is 29.3 Å². The van der Waals surface area contributed by atoms with Crippen LogP contribution in [0.3, 0.4) is 0 Å². The summed E-state index contributed by atoms with van der Waals surface area (Å²) in [7, 11) is 0. The Morgan fingerprint density at radius 1 is 0.913 bits per heavy atom. The molecule has 1 aliphatic heterocycles. The maximum absolute atomic E-state index is 13.7.